The molecule has 0 aliphatic rings. The monoisotopic (exact) mass is 210 g/mol. The van der Waals surface area contributed by atoms with Crippen LogP contribution in [0.5, 0.6) is 0 Å². The summed E-state index contributed by atoms with van der Waals surface area (Å²) >= 11 is 0. The van der Waals surface area contributed by atoms with Gasteiger partial charge in [-0.15, -0.1) is 0 Å². The molecule has 86 valence electrons. The van der Waals surface area contributed by atoms with Crippen LogP contribution in [0.15, 0.2) is 23.3 Å². The molecule has 15 heavy (non-hydrogen) atoms. The summed E-state index contributed by atoms with van der Waals surface area (Å²) in [7, 11) is 0. The Morgan fingerprint density at radius 3 is 2.27 bits per heavy atom. The summed E-state index contributed by atoms with van der Waals surface area (Å²) in [6.45, 7) is 7.61. The molecule has 0 aliphatic heterocycles. The third-order valence-electron chi connectivity index (χ3n) is 2.25. The van der Waals surface area contributed by atoms with Crippen LogP contribution in [0.2, 0.25) is 0 Å². The number of carbonyl (C=O) groups is 1. The molecule has 0 saturated carbocycles. The smallest absolute Gasteiger partial charge is 0.158 e. The number of aliphatic hydroxyl groups excluding tert-OH is 1. The lowest BCUT2D eigenvalue weighted by atomic mass is 10.1. The summed E-state index contributed by atoms with van der Waals surface area (Å²) < 4.78 is 0. The van der Waals surface area contributed by atoms with Crippen molar-refractivity contribution >= 4 is 5.78 Å². The molecule has 0 spiro atoms. The molecule has 1 atom stereocenters. The first kappa shape index (κ1) is 14.1. The van der Waals surface area contributed by atoms with Gasteiger partial charge in [0.2, 0.25) is 0 Å². The fraction of sp³-hybridized carbons (Fsp3) is 0.615. The molecular formula is C13H22O2. The van der Waals surface area contributed by atoms with Crippen LogP contribution < -0.4 is 0 Å². The first-order valence-electron chi connectivity index (χ1n) is 5.41. The highest BCUT2D eigenvalue weighted by molar-refractivity contribution is 5.80. The van der Waals surface area contributed by atoms with Gasteiger partial charge in [0.1, 0.15) is 6.10 Å². The van der Waals surface area contributed by atoms with E-state index in [9.17, 15) is 9.90 Å². The second kappa shape index (κ2) is 7.41. The minimum Gasteiger partial charge on any atom is -0.385 e. The van der Waals surface area contributed by atoms with Gasteiger partial charge in [0, 0.05) is 0 Å². The average molecular weight is 210 g/mol. The molecule has 0 heterocycles. The number of allylic oxidation sites excluding steroid dienone is 3. The Morgan fingerprint density at radius 1 is 1.20 bits per heavy atom. The Hall–Kier alpha value is -0.890. The van der Waals surface area contributed by atoms with Gasteiger partial charge in [-0.1, -0.05) is 23.3 Å². The second-order valence-corrected chi connectivity index (χ2v) is 4.23. The molecule has 0 radical (unpaired) electrons. The molecule has 0 saturated heterocycles. The van der Waals surface area contributed by atoms with E-state index >= 15 is 0 Å². The van der Waals surface area contributed by atoms with Crippen LogP contribution in [0.1, 0.15) is 47.0 Å². The molecular weight excluding hydrogens is 188 g/mol. The quantitative estimate of drug-likeness (QED) is 0.684. The highest BCUT2D eigenvalue weighted by atomic mass is 16.3. The van der Waals surface area contributed by atoms with E-state index in [4.69, 9.17) is 0 Å². The molecule has 2 nitrogen and oxygen atoms in total. The molecule has 0 aromatic carbocycles. The lowest BCUT2D eigenvalue weighted by Crippen LogP contribution is -2.15. The van der Waals surface area contributed by atoms with Crippen molar-refractivity contribution in [3.05, 3.63) is 23.3 Å². The van der Waals surface area contributed by atoms with E-state index in [1.165, 1.54) is 18.1 Å². The Balaban J connectivity index is 3.89. The standard InChI is InChI=1S/C13H22O2/c1-10(2)6-5-7-11(3)8-9-13(15)12(4)14/h6,8,13,15H,5,7,9H2,1-4H3/b11-8+. The van der Waals surface area contributed by atoms with Gasteiger partial charge in [-0.05, 0) is 47.0 Å². The van der Waals surface area contributed by atoms with Gasteiger partial charge in [-0.25, -0.2) is 0 Å². The van der Waals surface area contributed by atoms with Crippen molar-refractivity contribution in [3.63, 3.8) is 0 Å². The Kier molecular flexibility index (Phi) is 6.97. The van der Waals surface area contributed by atoms with Gasteiger partial charge in [-0.3, -0.25) is 4.79 Å². The number of Topliss-reactive ketones (excluding diaryl/α,β-unsaturated/α-hetero) is 1. The topological polar surface area (TPSA) is 37.3 Å². The maximum Gasteiger partial charge on any atom is 0.158 e. The molecule has 0 bridgehead atoms. The zero-order chi connectivity index (χ0) is 11.8. The first-order valence-corrected chi connectivity index (χ1v) is 5.41. The largest absolute Gasteiger partial charge is 0.385 e. The molecule has 1 N–H and O–H groups in total. The molecule has 0 aromatic heterocycles. The maximum atomic E-state index is 10.8. The molecule has 1 unspecified atom stereocenters. The third-order valence-corrected chi connectivity index (χ3v) is 2.25. The second-order valence-electron chi connectivity index (χ2n) is 4.23. The SMILES string of the molecule is CC(=O)C(O)C/C=C(\C)CCC=C(C)C. The maximum absolute atomic E-state index is 10.8. The van der Waals surface area contributed by atoms with Gasteiger partial charge in [0.15, 0.2) is 5.78 Å². The van der Waals surface area contributed by atoms with Crippen molar-refractivity contribution in [2.75, 3.05) is 0 Å². The molecule has 0 amide bonds. The van der Waals surface area contributed by atoms with Crippen LogP contribution in [0.4, 0.5) is 0 Å². The summed E-state index contributed by atoms with van der Waals surface area (Å²) in [5.74, 6) is -0.164. The number of ketones is 1. The highest BCUT2D eigenvalue weighted by Gasteiger charge is 2.06. The van der Waals surface area contributed by atoms with Crippen molar-refractivity contribution in [1.82, 2.24) is 0 Å². The van der Waals surface area contributed by atoms with Crippen LogP contribution in [0.3, 0.4) is 0 Å². The zero-order valence-corrected chi connectivity index (χ0v) is 10.2. The van der Waals surface area contributed by atoms with E-state index in [-0.39, 0.29) is 5.78 Å². The molecule has 0 fully saturated rings. The predicted octanol–water partition coefficient (Wildman–Crippen LogP) is 3.02. The van der Waals surface area contributed by atoms with E-state index in [1.807, 2.05) is 13.0 Å². The van der Waals surface area contributed by atoms with Crippen molar-refractivity contribution < 1.29 is 9.90 Å². The fourth-order valence-electron chi connectivity index (χ4n) is 1.17. The fourth-order valence-corrected chi connectivity index (χ4v) is 1.17. The van der Waals surface area contributed by atoms with Crippen molar-refractivity contribution in [2.45, 2.75) is 53.1 Å². The van der Waals surface area contributed by atoms with Crippen molar-refractivity contribution in [2.24, 2.45) is 0 Å². The number of aliphatic hydroxyl groups is 1. The van der Waals surface area contributed by atoms with E-state index in [0.717, 1.165) is 12.8 Å². The minimum atomic E-state index is -0.830. The molecule has 0 aromatic rings. The Labute approximate surface area is 92.7 Å². The first-order chi connectivity index (χ1) is 6.93. The molecule has 0 aliphatic carbocycles. The van der Waals surface area contributed by atoms with Crippen LogP contribution in [0.25, 0.3) is 0 Å². The highest BCUT2D eigenvalue weighted by Crippen LogP contribution is 2.08. The lowest BCUT2D eigenvalue weighted by Gasteiger charge is -2.04. The Morgan fingerprint density at radius 2 is 1.80 bits per heavy atom. The predicted molar refractivity (Wildman–Crippen MR) is 63.7 cm³/mol. The van der Waals surface area contributed by atoms with Gasteiger partial charge < -0.3 is 5.11 Å². The van der Waals surface area contributed by atoms with Crippen LogP contribution >= 0.6 is 0 Å². The van der Waals surface area contributed by atoms with Crippen molar-refractivity contribution in [1.29, 1.82) is 0 Å². The van der Waals surface area contributed by atoms with Crippen molar-refractivity contribution in [3.8, 4) is 0 Å². The van der Waals surface area contributed by atoms with Crippen LogP contribution in [0, 0.1) is 0 Å². The third kappa shape index (κ3) is 8.13. The van der Waals surface area contributed by atoms with E-state index in [0.29, 0.717) is 6.42 Å². The van der Waals surface area contributed by atoms with Crippen LogP contribution in [-0.2, 0) is 4.79 Å². The number of hydrogen-bond donors (Lipinski definition) is 1. The summed E-state index contributed by atoms with van der Waals surface area (Å²) in [6.07, 6.45) is 5.78. The normalized spacial score (nSPS) is 13.5. The zero-order valence-electron chi connectivity index (χ0n) is 10.2. The summed E-state index contributed by atoms with van der Waals surface area (Å²) in [5, 5.41) is 9.28. The van der Waals surface area contributed by atoms with Gasteiger partial charge in [-0.2, -0.15) is 0 Å². The Bertz CT molecular complexity index is 258. The van der Waals surface area contributed by atoms with E-state index in [2.05, 4.69) is 19.9 Å². The van der Waals surface area contributed by atoms with E-state index in [1.54, 1.807) is 0 Å². The van der Waals surface area contributed by atoms with Gasteiger partial charge >= 0.3 is 0 Å². The molecule has 0 rings (SSSR count). The summed E-state index contributed by atoms with van der Waals surface area (Å²) in [4.78, 5) is 10.8. The number of carbonyl (C=O) groups excluding carboxylic acids is 1. The van der Waals surface area contributed by atoms with E-state index < -0.39 is 6.10 Å². The number of rotatable bonds is 6. The summed E-state index contributed by atoms with van der Waals surface area (Å²) in [6, 6.07) is 0. The number of hydrogen-bond acceptors (Lipinski definition) is 2. The lowest BCUT2D eigenvalue weighted by molar-refractivity contribution is -0.124. The molecule has 2 heteroatoms. The minimum absolute atomic E-state index is 0.164. The van der Waals surface area contributed by atoms with Crippen LogP contribution in [-0.4, -0.2) is 17.0 Å². The van der Waals surface area contributed by atoms with Gasteiger partial charge in [0.25, 0.3) is 0 Å². The van der Waals surface area contributed by atoms with Gasteiger partial charge in [0.05, 0.1) is 0 Å². The summed E-state index contributed by atoms with van der Waals surface area (Å²) in [5.41, 5.74) is 2.55. The average Bonchev–Trinajstić information content (AvgIpc) is 2.13.